The molecule has 1 amide bonds. The van der Waals surface area contributed by atoms with Crippen LogP contribution in [0.15, 0.2) is 72.8 Å². The fourth-order valence-electron chi connectivity index (χ4n) is 3.24. The molecular formula is C27H32N2O3. The van der Waals surface area contributed by atoms with Crippen LogP contribution in [0.4, 0.5) is 5.69 Å². The molecule has 0 radical (unpaired) electrons. The number of amides is 1. The van der Waals surface area contributed by atoms with Gasteiger partial charge in [-0.2, -0.15) is 0 Å². The molecule has 2 N–H and O–H groups in total. The predicted octanol–water partition coefficient (Wildman–Crippen LogP) is 5.31. The molecule has 3 aromatic carbocycles. The minimum atomic E-state index is -0.0546. The number of hydrogen-bond acceptors (Lipinski definition) is 4. The van der Waals surface area contributed by atoms with Gasteiger partial charge in [-0.3, -0.25) is 4.79 Å². The summed E-state index contributed by atoms with van der Waals surface area (Å²) in [6.07, 6.45) is 0.842. The lowest BCUT2D eigenvalue weighted by Gasteiger charge is -2.14. The van der Waals surface area contributed by atoms with Gasteiger partial charge in [0.25, 0.3) is 5.91 Å². The Morgan fingerprint density at radius 1 is 0.906 bits per heavy atom. The molecule has 0 aliphatic rings. The van der Waals surface area contributed by atoms with Crippen molar-refractivity contribution >= 4 is 11.6 Å². The van der Waals surface area contributed by atoms with Crippen molar-refractivity contribution in [3.63, 3.8) is 0 Å². The molecule has 0 unspecified atom stereocenters. The van der Waals surface area contributed by atoms with Crippen molar-refractivity contribution in [2.24, 2.45) is 5.92 Å². The average Bonchev–Trinajstić information content (AvgIpc) is 2.82. The summed E-state index contributed by atoms with van der Waals surface area (Å²) >= 11 is 0. The van der Waals surface area contributed by atoms with Crippen LogP contribution in [0.5, 0.6) is 11.5 Å². The molecule has 0 atom stereocenters. The van der Waals surface area contributed by atoms with Gasteiger partial charge in [-0.15, -0.1) is 0 Å². The van der Waals surface area contributed by atoms with Crippen molar-refractivity contribution in [1.29, 1.82) is 0 Å². The average molecular weight is 433 g/mol. The molecule has 168 valence electrons. The summed E-state index contributed by atoms with van der Waals surface area (Å²) in [5.41, 5.74) is 3.85. The number of ether oxygens (including phenoxy) is 2. The van der Waals surface area contributed by atoms with Gasteiger partial charge in [0.1, 0.15) is 0 Å². The first-order valence-electron chi connectivity index (χ1n) is 11.0. The Bertz CT molecular complexity index is 1000. The lowest BCUT2D eigenvalue weighted by molar-refractivity contribution is 0.0949. The largest absolute Gasteiger partial charge is 0.493 e. The van der Waals surface area contributed by atoms with Crippen molar-refractivity contribution in [3.8, 4) is 11.5 Å². The molecule has 0 aromatic heterocycles. The standard InChI is InChI=1S/C27H32N2O3/c1-20(2)18-29-27(30)23-10-7-11-24(17-23)28-19-22-12-13-25(26(16-22)31-3)32-15-14-21-8-5-4-6-9-21/h4-13,16-17,20,28H,14-15,18-19H2,1-3H3,(H,29,30). The first-order chi connectivity index (χ1) is 15.5. The third kappa shape index (κ3) is 7.05. The molecule has 32 heavy (non-hydrogen) atoms. The van der Waals surface area contributed by atoms with Gasteiger partial charge in [0.2, 0.25) is 0 Å². The summed E-state index contributed by atoms with van der Waals surface area (Å²) < 4.78 is 11.5. The van der Waals surface area contributed by atoms with Crippen LogP contribution in [-0.4, -0.2) is 26.2 Å². The van der Waals surface area contributed by atoms with Crippen LogP contribution < -0.4 is 20.1 Å². The summed E-state index contributed by atoms with van der Waals surface area (Å²) in [4.78, 5) is 12.3. The SMILES string of the molecule is COc1cc(CNc2cccc(C(=O)NCC(C)C)c2)ccc1OCCc1ccccc1. The Hall–Kier alpha value is -3.47. The highest BCUT2D eigenvalue weighted by Crippen LogP contribution is 2.28. The number of rotatable bonds is 11. The molecule has 0 heterocycles. The zero-order chi connectivity index (χ0) is 22.8. The van der Waals surface area contributed by atoms with Crippen LogP contribution in [-0.2, 0) is 13.0 Å². The van der Waals surface area contributed by atoms with E-state index in [1.165, 1.54) is 5.56 Å². The summed E-state index contributed by atoms with van der Waals surface area (Å²) in [6.45, 7) is 6.01. The fourth-order valence-corrected chi connectivity index (χ4v) is 3.24. The predicted molar refractivity (Wildman–Crippen MR) is 130 cm³/mol. The second-order valence-electron chi connectivity index (χ2n) is 8.11. The summed E-state index contributed by atoms with van der Waals surface area (Å²) in [5.74, 6) is 1.80. The molecule has 0 saturated carbocycles. The van der Waals surface area contributed by atoms with E-state index in [4.69, 9.17) is 9.47 Å². The van der Waals surface area contributed by atoms with E-state index in [0.29, 0.717) is 36.9 Å². The summed E-state index contributed by atoms with van der Waals surface area (Å²) in [7, 11) is 1.65. The summed E-state index contributed by atoms with van der Waals surface area (Å²) in [5, 5.41) is 6.33. The van der Waals surface area contributed by atoms with E-state index in [1.54, 1.807) is 7.11 Å². The number of carbonyl (C=O) groups excluding carboxylic acids is 1. The Balaban J connectivity index is 1.56. The molecule has 0 bridgehead atoms. The second-order valence-corrected chi connectivity index (χ2v) is 8.11. The summed E-state index contributed by atoms with van der Waals surface area (Å²) in [6, 6.07) is 23.7. The van der Waals surface area contributed by atoms with E-state index in [-0.39, 0.29) is 5.91 Å². The maximum Gasteiger partial charge on any atom is 0.251 e. The van der Waals surface area contributed by atoms with Crippen molar-refractivity contribution in [2.75, 3.05) is 25.6 Å². The molecule has 0 saturated heterocycles. The number of nitrogens with one attached hydrogen (secondary N) is 2. The minimum Gasteiger partial charge on any atom is -0.493 e. The molecule has 0 aliphatic heterocycles. The maximum absolute atomic E-state index is 12.3. The van der Waals surface area contributed by atoms with Gasteiger partial charge in [-0.1, -0.05) is 56.3 Å². The molecule has 0 spiro atoms. The van der Waals surface area contributed by atoms with E-state index in [0.717, 1.165) is 23.4 Å². The molecule has 5 nitrogen and oxygen atoms in total. The number of carbonyl (C=O) groups is 1. The van der Waals surface area contributed by atoms with Gasteiger partial charge in [0.05, 0.1) is 13.7 Å². The quantitative estimate of drug-likeness (QED) is 0.431. The van der Waals surface area contributed by atoms with Crippen molar-refractivity contribution in [3.05, 3.63) is 89.5 Å². The van der Waals surface area contributed by atoms with Gasteiger partial charge in [-0.25, -0.2) is 0 Å². The van der Waals surface area contributed by atoms with Gasteiger partial charge in [0, 0.05) is 30.8 Å². The van der Waals surface area contributed by atoms with Gasteiger partial charge >= 0.3 is 0 Å². The highest BCUT2D eigenvalue weighted by Gasteiger charge is 2.08. The molecule has 0 fully saturated rings. The first kappa shape index (κ1) is 23.2. The van der Waals surface area contributed by atoms with Crippen molar-refractivity contribution < 1.29 is 14.3 Å². The van der Waals surface area contributed by atoms with Crippen LogP contribution >= 0.6 is 0 Å². The smallest absolute Gasteiger partial charge is 0.251 e. The first-order valence-corrected chi connectivity index (χ1v) is 11.0. The Morgan fingerprint density at radius 2 is 1.72 bits per heavy atom. The van der Waals surface area contributed by atoms with E-state index < -0.39 is 0 Å². The molecule has 3 rings (SSSR count). The zero-order valence-corrected chi connectivity index (χ0v) is 19.1. The lowest BCUT2D eigenvalue weighted by Crippen LogP contribution is -2.27. The zero-order valence-electron chi connectivity index (χ0n) is 19.1. The molecule has 3 aromatic rings. The van der Waals surface area contributed by atoms with Gasteiger partial charge in [-0.05, 0) is 47.4 Å². The normalized spacial score (nSPS) is 10.6. The van der Waals surface area contributed by atoms with Crippen molar-refractivity contribution in [1.82, 2.24) is 5.32 Å². The monoisotopic (exact) mass is 432 g/mol. The van der Waals surface area contributed by atoms with Crippen LogP contribution in [0.2, 0.25) is 0 Å². The van der Waals surface area contributed by atoms with E-state index >= 15 is 0 Å². The molecule has 5 heteroatoms. The van der Waals surface area contributed by atoms with Crippen LogP contribution in [0.1, 0.15) is 35.3 Å². The Labute approximate surface area is 190 Å². The van der Waals surface area contributed by atoms with Gasteiger partial charge in [0.15, 0.2) is 11.5 Å². The van der Waals surface area contributed by atoms with E-state index in [2.05, 4.69) is 36.6 Å². The highest BCUT2D eigenvalue weighted by atomic mass is 16.5. The molecule has 0 aliphatic carbocycles. The second kappa shape index (κ2) is 11.8. The number of anilines is 1. The van der Waals surface area contributed by atoms with Crippen LogP contribution in [0.25, 0.3) is 0 Å². The van der Waals surface area contributed by atoms with E-state index in [9.17, 15) is 4.79 Å². The Morgan fingerprint density at radius 3 is 2.47 bits per heavy atom. The van der Waals surface area contributed by atoms with Crippen molar-refractivity contribution in [2.45, 2.75) is 26.8 Å². The third-order valence-electron chi connectivity index (χ3n) is 5.01. The number of methoxy groups -OCH3 is 1. The lowest BCUT2D eigenvalue weighted by atomic mass is 10.1. The van der Waals surface area contributed by atoms with Gasteiger partial charge < -0.3 is 20.1 Å². The van der Waals surface area contributed by atoms with Crippen LogP contribution in [0.3, 0.4) is 0 Å². The fraction of sp³-hybridized carbons (Fsp3) is 0.296. The Kier molecular flexibility index (Phi) is 8.55. The third-order valence-corrected chi connectivity index (χ3v) is 5.01. The number of hydrogen-bond donors (Lipinski definition) is 2. The maximum atomic E-state index is 12.3. The molecular weight excluding hydrogens is 400 g/mol. The number of benzene rings is 3. The van der Waals surface area contributed by atoms with E-state index in [1.807, 2.05) is 60.7 Å². The van der Waals surface area contributed by atoms with Crippen LogP contribution in [0, 0.1) is 5.92 Å². The topological polar surface area (TPSA) is 59.6 Å². The minimum absolute atomic E-state index is 0.0546. The highest BCUT2D eigenvalue weighted by molar-refractivity contribution is 5.95.